The van der Waals surface area contributed by atoms with Gasteiger partial charge in [0.25, 0.3) is 5.91 Å². The number of hydrogen-bond acceptors (Lipinski definition) is 4. The molecule has 86 valence electrons. The first-order chi connectivity index (χ1) is 7.71. The Morgan fingerprint density at radius 3 is 3.12 bits per heavy atom. The summed E-state index contributed by atoms with van der Waals surface area (Å²) < 4.78 is 1.52. The molecule has 0 saturated heterocycles. The molecule has 0 bridgehead atoms. The number of amides is 1. The minimum atomic E-state index is -0.312. The van der Waals surface area contributed by atoms with Crippen LogP contribution in [0.1, 0.15) is 23.8 Å². The first kappa shape index (κ1) is 12.2. The Kier molecular flexibility index (Phi) is 4.48. The van der Waals surface area contributed by atoms with E-state index in [-0.39, 0.29) is 17.6 Å². The Balaban J connectivity index is 2.62. The molecule has 0 saturated carbocycles. The molecule has 1 unspecified atom stereocenters. The van der Waals surface area contributed by atoms with Crippen LogP contribution in [0.3, 0.4) is 0 Å². The zero-order valence-electron chi connectivity index (χ0n) is 9.18. The maximum Gasteiger partial charge on any atom is 0.274 e. The quantitative estimate of drug-likeness (QED) is 0.649. The summed E-state index contributed by atoms with van der Waals surface area (Å²) in [4.78, 5) is 11.6. The van der Waals surface area contributed by atoms with Gasteiger partial charge in [0.05, 0.1) is 18.8 Å². The highest BCUT2D eigenvalue weighted by molar-refractivity contribution is 5.92. The van der Waals surface area contributed by atoms with Crippen LogP contribution >= 0.6 is 0 Å². The summed E-state index contributed by atoms with van der Waals surface area (Å²) in [6, 6.07) is -0.271. The number of carbonyl (C=O) groups is 1. The van der Waals surface area contributed by atoms with Crippen LogP contribution in [0.2, 0.25) is 0 Å². The van der Waals surface area contributed by atoms with Crippen LogP contribution < -0.4 is 11.1 Å². The van der Waals surface area contributed by atoms with E-state index in [1.807, 2.05) is 6.92 Å². The van der Waals surface area contributed by atoms with Crippen LogP contribution in [-0.4, -0.2) is 33.5 Å². The first-order valence-corrected chi connectivity index (χ1v) is 5.08. The summed E-state index contributed by atoms with van der Waals surface area (Å²) in [6.45, 7) is 2.88. The average Bonchev–Trinajstić information content (AvgIpc) is 2.74. The summed E-state index contributed by atoms with van der Waals surface area (Å²) in [7, 11) is 0. The van der Waals surface area contributed by atoms with E-state index in [9.17, 15) is 4.79 Å². The molecule has 1 atom stereocenters. The minimum Gasteiger partial charge on any atom is -0.337 e. The topological polar surface area (TPSA) is 85.8 Å². The number of nitrogens with one attached hydrogen (secondary N) is 1. The summed E-state index contributed by atoms with van der Waals surface area (Å²) in [6.07, 6.45) is 7.47. The lowest BCUT2D eigenvalue weighted by atomic mass is 10.2. The van der Waals surface area contributed by atoms with Gasteiger partial charge in [0, 0.05) is 6.54 Å². The Bertz CT molecular complexity index is 392. The largest absolute Gasteiger partial charge is 0.337 e. The van der Waals surface area contributed by atoms with Gasteiger partial charge in [-0.3, -0.25) is 9.48 Å². The summed E-state index contributed by atoms with van der Waals surface area (Å²) >= 11 is 0. The van der Waals surface area contributed by atoms with Gasteiger partial charge in [0.2, 0.25) is 0 Å². The highest BCUT2D eigenvalue weighted by Gasteiger charge is 2.13. The predicted octanol–water partition coefficient (Wildman–Crippen LogP) is -0.622. The molecule has 1 heterocycles. The number of nitrogens with two attached hydrogens (primary N) is 1. The molecule has 0 spiro atoms. The number of aromatic nitrogens is 3. The number of rotatable bonds is 5. The second-order valence-corrected chi connectivity index (χ2v) is 3.26. The average molecular weight is 221 g/mol. The third-order valence-electron chi connectivity index (χ3n) is 2.04. The lowest BCUT2D eigenvalue weighted by Crippen LogP contribution is -2.33. The molecular weight excluding hydrogens is 206 g/mol. The lowest BCUT2D eigenvalue weighted by Gasteiger charge is -2.08. The van der Waals surface area contributed by atoms with Gasteiger partial charge in [0.15, 0.2) is 5.69 Å². The number of nitrogens with zero attached hydrogens (tertiary/aromatic N) is 3. The fourth-order valence-electron chi connectivity index (χ4n) is 1.14. The summed E-state index contributed by atoms with van der Waals surface area (Å²) in [5.74, 6) is 2.17. The van der Waals surface area contributed by atoms with Crippen LogP contribution in [-0.2, 0) is 6.54 Å². The monoisotopic (exact) mass is 221 g/mol. The zero-order chi connectivity index (χ0) is 12.0. The third kappa shape index (κ3) is 3.07. The molecule has 1 aromatic heterocycles. The molecule has 1 amide bonds. The maximum atomic E-state index is 11.6. The maximum absolute atomic E-state index is 11.6. The highest BCUT2D eigenvalue weighted by atomic mass is 16.2. The van der Waals surface area contributed by atoms with E-state index in [2.05, 4.69) is 21.5 Å². The molecule has 6 nitrogen and oxygen atoms in total. The molecule has 0 radical (unpaired) electrons. The van der Waals surface area contributed by atoms with E-state index in [0.717, 1.165) is 0 Å². The van der Waals surface area contributed by atoms with Gasteiger partial charge in [0.1, 0.15) is 0 Å². The number of carbonyl (C=O) groups excluding carboxylic acids is 1. The van der Waals surface area contributed by atoms with Crippen molar-refractivity contribution in [1.82, 2.24) is 20.3 Å². The van der Waals surface area contributed by atoms with Crippen molar-refractivity contribution in [3.63, 3.8) is 0 Å². The predicted molar refractivity (Wildman–Crippen MR) is 59.5 cm³/mol. The summed E-state index contributed by atoms with van der Waals surface area (Å²) in [5, 5.41) is 10.2. The lowest BCUT2D eigenvalue weighted by molar-refractivity contribution is 0.0940. The van der Waals surface area contributed by atoms with Crippen LogP contribution in [0.25, 0.3) is 0 Å². The van der Waals surface area contributed by atoms with Crippen molar-refractivity contribution in [3.05, 3.63) is 11.9 Å². The molecule has 0 aliphatic heterocycles. The molecule has 0 fully saturated rings. The van der Waals surface area contributed by atoms with Crippen molar-refractivity contribution in [2.75, 3.05) is 6.54 Å². The first-order valence-electron chi connectivity index (χ1n) is 5.08. The van der Waals surface area contributed by atoms with E-state index >= 15 is 0 Å². The van der Waals surface area contributed by atoms with Crippen molar-refractivity contribution < 1.29 is 4.79 Å². The fraction of sp³-hybridized carbons (Fsp3) is 0.500. The van der Waals surface area contributed by atoms with Crippen LogP contribution in [0.15, 0.2) is 6.20 Å². The normalized spacial score (nSPS) is 11.8. The Morgan fingerprint density at radius 1 is 1.81 bits per heavy atom. The number of hydrogen-bond donors (Lipinski definition) is 2. The van der Waals surface area contributed by atoms with Gasteiger partial charge in [-0.05, 0) is 6.42 Å². The van der Waals surface area contributed by atoms with Crippen LogP contribution in [0, 0.1) is 12.3 Å². The van der Waals surface area contributed by atoms with Crippen LogP contribution in [0.4, 0.5) is 0 Å². The van der Waals surface area contributed by atoms with Gasteiger partial charge in [-0.2, -0.15) is 0 Å². The Labute approximate surface area is 94.2 Å². The molecule has 0 aliphatic rings. The molecule has 16 heavy (non-hydrogen) atoms. The molecule has 6 heteroatoms. The van der Waals surface area contributed by atoms with E-state index < -0.39 is 0 Å². The zero-order valence-corrected chi connectivity index (χ0v) is 9.18. The van der Waals surface area contributed by atoms with E-state index in [4.69, 9.17) is 12.2 Å². The Morgan fingerprint density at radius 2 is 2.56 bits per heavy atom. The summed E-state index contributed by atoms with van der Waals surface area (Å²) in [5.41, 5.74) is 5.61. The Hall–Kier alpha value is -1.87. The van der Waals surface area contributed by atoms with Gasteiger partial charge >= 0.3 is 0 Å². The number of terminal acetylenes is 1. The van der Waals surface area contributed by atoms with Gasteiger partial charge in [-0.25, -0.2) is 0 Å². The van der Waals surface area contributed by atoms with E-state index in [1.165, 1.54) is 4.68 Å². The molecule has 1 rings (SSSR count). The van der Waals surface area contributed by atoms with Crippen molar-refractivity contribution in [3.8, 4) is 12.3 Å². The minimum absolute atomic E-state index is 0.252. The van der Waals surface area contributed by atoms with E-state index in [1.54, 1.807) is 6.20 Å². The van der Waals surface area contributed by atoms with Crippen molar-refractivity contribution in [2.45, 2.75) is 25.9 Å². The molecule has 0 aliphatic carbocycles. The SMILES string of the molecule is C#CC(CC)NC(=O)c1cn(CCN)nn1. The molecular formula is C10H15N5O. The second-order valence-electron chi connectivity index (χ2n) is 3.26. The molecule has 1 aromatic rings. The molecule has 0 aromatic carbocycles. The standard InChI is InChI=1S/C10H15N5O/c1-3-8(4-2)12-10(16)9-7-15(6-5-11)14-13-9/h1,7-8H,4-6,11H2,2H3,(H,12,16). The smallest absolute Gasteiger partial charge is 0.274 e. The van der Waals surface area contributed by atoms with Gasteiger partial charge in [-0.15, -0.1) is 11.5 Å². The van der Waals surface area contributed by atoms with Gasteiger partial charge < -0.3 is 11.1 Å². The van der Waals surface area contributed by atoms with Crippen molar-refractivity contribution >= 4 is 5.91 Å². The van der Waals surface area contributed by atoms with Crippen molar-refractivity contribution in [1.29, 1.82) is 0 Å². The van der Waals surface area contributed by atoms with Gasteiger partial charge in [-0.1, -0.05) is 18.1 Å². The third-order valence-corrected chi connectivity index (χ3v) is 2.04. The highest BCUT2D eigenvalue weighted by Crippen LogP contribution is 1.95. The second kappa shape index (κ2) is 5.88. The van der Waals surface area contributed by atoms with E-state index in [0.29, 0.717) is 19.5 Å². The fourth-order valence-corrected chi connectivity index (χ4v) is 1.14. The van der Waals surface area contributed by atoms with Crippen molar-refractivity contribution in [2.24, 2.45) is 5.73 Å². The van der Waals surface area contributed by atoms with Crippen LogP contribution in [0.5, 0.6) is 0 Å². The molecule has 3 N–H and O–H groups in total.